The number of hydrogen-bond acceptors (Lipinski definition) is 3. The number of carbonyl (C=O) groups is 1. The molecule has 4 nitrogen and oxygen atoms in total. The Morgan fingerprint density at radius 3 is 2.59 bits per heavy atom. The van der Waals surface area contributed by atoms with Gasteiger partial charge in [0.25, 0.3) is 0 Å². The van der Waals surface area contributed by atoms with Crippen LogP contribution in [0.5, 0.6) is 0 Å². The average molecular weight is 240 g/mol. The molecule has 4 heteroatoms. The van der Waals surface area contributed by atoms with Gasteiger partial charge in [-0.05, 0) is 51.7 Å². The third-order valence-corrected chi connectivity index (χ3v) is 4.19. The van der Waals surface area contributed by atoms with Crippen molar-refractivity contribution in [3.8, 4) is 0 Å². The molecular formula is C13H24N2O2. The number of methoxy groups -OCH3 is 1. The first-order valence-electron chi connectivity index (χ1n) is 6.69. The second-order valence-electron chi connectivity index (χ2n) is 5.37. The monoisotopic (exact) mass is 240 g/mol. The largest absolute Gasteiger partial charge is 0.375 e. The summed E-state index contributed by atoms with van der Waals surface area (Å²) in [5.41, 5.74) is 0. The van der Waals surface area contributed by atoms with Gasteiger partial charge < -0.3 is 14.5 Å². The summed E-state index contributed by atoms with van der Waals surface area (Å²) in [6.45, 7) is 3.52. The zero-order valence-corrected chi connectivity index (χ0v) is 11.0. The van der Waals surface area contributed by atoms with Gasteiger partial charge in [-0.1, -0.05) is 0 Å². The highest BCUT2D eigenvalue weighted by Gasteiger charge is 2.35. The molecule has 0 radical (unpaired) electrons. The Balaban J connectivity index is 1.92. The predicted octanol–water partition coefficient (Wildman–Crippen LogP) is 0.966. The fourth-order valence-electron chi connectivity index (χ4n) is 3.21. The van der Waals surface area contributed by atoms with E-state index in [4.69, 9.17) is 4.74 Å². The Morgan fingerprint density at radius 1 is 1.24 bits per heavy atom. The van der Waals surface area contributed by atoms with Crippen LogP contribution in [0.4, 0.5) is 0 Å². The van der Waals surface area contributed by atoms with Gasteiger partial charge in [0.2, 0.25) is 5.91 Å². The molecule has 1 atom stereocenters. The van der Waals surface area contributed by atoms with Crippen LogP contribution in [0.15, 0.2) is 0 Å². The summed E-state index contributed by atoms with van der Waals surface area (Å²) in [6.07, 6.45) is 4.81. The van der Waals surface area contributed by atoms with Gasteiger partial charge in [-0.3, -0.25) is 4.79 Å². The third kappa shape index (κ3) is 2.99. The average Bonchev–Trinajstić information content (AvgIpc) is 2.79. The fourth-order valence-corrected chi connectivity index (χ4v) is 3.21. The Bertz CT molecular complexity index is 262. The molecule has 0 aromatic rings. The molecule has 98 valence electrons. The molecule has 0 unspecified atom stereocenters. The molecule has 0 aromatic carbocycles. The summed E-state index contributed by atoms with van der Waals surface area (Å²) in [5, 5.41) is 0. The van der Waals surface area contributed by atoms with Crippen LogP contribution >= 0.6 is 0 Å². The van der Waals surface area contributed by atoms with Crippen LogP contribution in [0, 0.1) is 5.92 Å². The normalized spacial score (nSPS) is 27.6. The van der Waals surface area contributed by atoms with Crippen molar-refractivity contribution in [1.29, 1.82) is 0 Å². The van der Waals surface area contributed by atoms with Crippen LogP contribution in [-0.4, -0.2) is 62.1 Å². The summed E-state index contributed by atoms with van der Waals surface area (Å²) in [4.78, 5) is 16.4. The highest BCUT2D eigenvalue weighted by atomic mass is 16.5. The van der Waals surface area contributed by atoms with Crippen molar-refractivity contribution < 1.29 is 9.53 Å². The quantitative estimate of drug-likeness (QED) is 0.737. The fraction of sp³-hybridized carbons (Fsp3) is 0.923. The number of rotatable bonds is 3. The molecule has 2 aliphatic heterocycles. The van der Waals surface area contributed by atoms with E-state index in [9.17, 15) is 4.79 Å². The van der Waals surface area contributed by atoms with E-state index in [-0.39, 0.29) is 12.5 Å². The number of carbonyl (C=O) groups excluding carboxylic acids is 1. The SMILES string of the molecule is COCC(=O)N1CCC[C@H]1C1CCN(C)CC1. The Morgan fingerprint density at radius 2 is 1.94 bits per heavy atom. The topological polar surface area (TPSA) is 32.8 Å². The van der Waals surface area contributed by atoms with Crippen LogP contribution < -0.4 is 0 Å². The van der Waals surface area contributed by atoms with E-state index in [0.717, 1.165) is 13.0 Å². The van der Waals surface area contributed by atoms with Crippen LogP contribution in [0.2, 0.25) is 0 Å². The zero-order chi connectivity index (χ0) is 12.3. The number of piperidine rings is 1. The molecule has 0 aliphatic carbocycles. The van der Waals surface area contributed by atoms with Gasteiger partial charge in [0.05, 0.1) is 0 Å². The Kier molecular flexibility index (Phi) is 4.40. The first-order valence-corrected chi connectivity index (χ1v) is 6.69. The van der Waals surface area contributed by atoms with Crippen LogP contribution in [-0.2, 0) is 9.53 Å². The van der Waals surface area contributed by atoms with Gasteiger partial charge in [-0.25, -0.2) is 0 Å². The molecule has 0 spiro atoms. The predicted molar refractivity (Wildman–Crippen MR) is 66.8 cm³/mol. The van der Waals surface area contributed by atoms with Crippen LogP contribution in [0.1, 0.15) is 25.7 Å². The number of ether oxygens (including phenoxy) is 1. The number of amides is 1. The van der Waals surface area contributed by atoms with Crippen molar-refractivity contribution in [3.63, 3.8) is 0 Å². The summed E-state index contributed by atoms with van der Waals surface area (Å²) in [6, 6.07) is 0.478. The molecule has 2 aliphatic rings. The minimum absolute atomic E-state index is 0.175. The molecule has 0 saturated carbocycles. The van der Waals surface area contributed by atoms with Gasteiger partial charge in [-0.15, -0.1) is 0 Å². The maximum Gasteiger partial charge on any atom is 0.248 e. The standard InChI is InChI=1S/C13H24N2O2/c1-14-8-5-11(6-9-14)12-4-3-7-15(12)13(16)10-17-2/h11-12H,3-10H2,1-2H3/t12-/m0/s1. The maximum absolute atomic E-state index is 12.0. The van der Waals surface area contributed by atoms with Gasteiger partial charge in [0.15, 0.2) is 0 Å². The Labute approximate surface area is 104 Å². The van der Waals surface area contributed by atoms with E-state index in [0.29, 0.717) is 12.0 Å². The lowest BCUT2D eigenvalue weighted by molar-refractivity contribution is -0.137. The van der Waals surface area contributed by atoms with E-state index in [1.54, 1.807) is 7.11 Å². The van der Waals surface area contributed by atoms with E-state index < -0.39 is 0 Å². The number of hydrogen-bond donors (Lipinski definition) is 0. The third-order valence-electron chi connectivity index (χ3n) is 4.19. The zero-order valence-electron chi connectivity index (χ0n) is 11.0. The second kappa shape index (κ2) is 5.83. The van der Waals surface area contributed by atoms with Crippen LogP contribution in [0.25, 0.3) is 0 Å². The molecule has 0 bridgehead atoms. The summed E-state index contributed by atoms with van der Waals surface area (Å²) in [5.74, 6) is 0.878. The van der Waals surface area contributed by atoms with Crippen molar-refractivity contribution in [3.05, 3.63) is 0 Å². The van der Waals surface area contributed by atoms with Crippen molar-refractivity contribution in [1.82, 2.24) is 9.80 Å². The summed E-state index contributed by atoms with van der Waals surface area (Å²) < 4.78 is 4.97. The van der Waals surface area contributed by atoms with Gasteiger partial charge >= 0.3 is 0 Å². The molecule has 1 amide bonds. The Hall–Kier alpha value is -0.610. The summed E-state index contributed by atoms with van der Waals surface area (Å²) in [7, 11) is 3.78. The van der Waals surface area contributed by atoms with Gasteiger partial charge in [0.1, 0.15) is 6.61 Å². The van der Waals surface area contributed by atoms with E-state index >= 15 is 0 Å². The van der Waals surface area contributed by atoms with Gasteiger partial charge in [-0.2, -0.15) is 0 Å². The molecule has 2 saturated heterocycles. The second-order valence-corrected chi connectivity index (χ2v) is 5.37. The van der Waals surface area contributed by atoms with Crippen molar-refractivity contribution in [2.45, 2.75) is 31.7 Å². The number of likely N-dealkylation sites (tertiary alicyclic amines) is 2. The lowest BCUT2D eigenvalue weighted by atomic mass is 9.88. The summed E-state index contributed by atoms with van der Waals surface area (Å²) >= 11 is 0. The minimum atomic E-state index is 0.175. The molecule has 2 heterocycles. The molecule has 2 rings (SSSR count). The molecule has 0 aromatic heterocycles. The molecule has 2 fully saturated rings. The minimum Gasteiger partial charge on any atom is -0.375 e. The molecular weight excluding hydrogens is 216 g/mol. The smallest absolute Gasteiger partial charge is 0.248 e. The first-order chi connectivity index (χ1) is 8.22. The molecule has 0 N–H and O–H groups in total. The van der Waals surface area contributed by atoms with E-state index in [2.05, 4.69) is 16.8 Å². The van der Waals surface area contributed by atoms with Crippen molar-refractivity contribution in [2.24, 2.45) is 5.92 Å². The first kappa shape index (κ1) is 12.8. The van der Waals surface area contributed by atoms with E-state index in [1.807, 2.05) is 0 Å². The highest BCUT2D eigenvalue weighted by Crippen LogP contribution is 2.30. The lowest BCUT2D eigenvalue weighted by Crippen LogP contribution is -2.45. The van der Waals surface area contributed by atoms with Crippen molar-refractivity contribution >= 4 is 5.91 Å². The molecule has 17 heavy (non-hydrogen) atoms. The van der Waals surface area contributed by atoms with Gasteiger partial charge in [0, 0.05) is 19.7 Å². The van der Waals surface area contributed by atoms with Crippen LogP contribution in [0.3, 0.4) is 0 Å². The van der Waals surface area contributed by atoms with E-state index in [1.165, 1.54) is 32.4 Å². The maximum atomic E-state index is 12.0. The highest BCUT2D eigenvalue weighted by molar-refractivity contribution is 5.78. The lowest BCUT2D eigenvalue weighted by Gasteiger charge is -2.36. The number of nitrogens with zero attached hydrogens (tertiary/aromatic N) is 2. The van der Waals surface area contributed by atoms with Crippen molar-refractivity contribution in [2.75, 3.05) is 40.4 Å².